The molecule has 2 rings (SSSR count). The van der Waals surface area contributed by atoms with E-state index in [2.05, 4.69) is 15.3 Å². The maximum atomic E-state index is 12.2. The van der Waals surface area contributed by atoms with Gasteiger partial charge in [-0.05, 0) is 45.2 Å². The fourth-order valence-corrected chi connectivity index (χ4v) is 2.58. The largest absolute Gasteiger partial charge is 0.477 e. The van der Waals surface area contributed by atoms with Gasteiger partial charge < -0.3 is 20.1 Å². The Bertz CT molecular complexity index is 632. The van der Waals surface area contributed by atoms with E-state index in [1.807, 2.05) is 20.8 Å². The molecule has 0 saturated carbocycles. The van der Waals surface area contributed by atoms with E-state index in [0.717, 1.165) is 12.8 Å². The van der Waals surface area contributed by atoms with Crippen LogP contribution in [0.25, 0.3) is 0 Å². The highest BCUT2D eigenvalue weighted by Crippen LogP contribution is 2.19. The van der Waals surface area contributed by atoms with E-state index in [9.17, 15) is 9.59 Å². The van der Waals surface area contributed by atoms with Gasteiger partial charge in [0.25, 0.3) is 0 Å². The molecule has 1 amide bonds. The number of carboxylic acids is 1. The molecule has 1 atom stereocenters. The van der Waals surface area contributed by atoms with E-state index < -0.39 is 11.6 Å². The van der Waals surface area contributed by atoms with E-state index in [1.165, 1.54) is 6.07 Å². The van der Waals surface area contributed by atoms with Gasteiger partial charge in [-0.2, -0.15) is 0 Å². The number of hydrogen-bond donors (Lipinski definition) is 2. The summed E-state index contributed by atoms with van der Waals surface area (Å²) < 4.78 is 5.38. The molecule has 1 saturated heterocycles. The maximum absolute atomic E-state index is 12.2. The van der Waals surface area contributed by atoms with Gasteiger partial charge in [0.05, 0.1) is 0 Å². The minimum atomic E-state index is -1.18. The molecule has 2 heterocycles. The Morgan fingerprint density at radius 3 is 2.75 bits per heavy atom. The Balaban J connectivity index is 2.03. The number of carbonyl (C=O) groups excluding carboxylic acids is 1. The number of amides is 1. The van der Waals surface area contributed by atoms with E-state index in [-0.39, 0.29) is 23.1 Å². The summed E-state index contributed by atoms with van der Waals surface area (Å²) in [7, 11) is 0. The number of aromatic carboxylic acids is 1. The van der Waals surface area contributed by atoms with Crippen LogP contribution >= 0.6 is 11.6 Å². The molecule has 1 aliphatic heterocycles. The normalized spacial score (nSPS) is 18.2. The Labute approximate surface area is 145 Å². The van der Waals surface area contributed by atoms with Gasteiger partial charge in [-0.3, -0.25) is 0 Å². The first-order chi connectivity index (χ1) is 11.1. The number of nitrogens with one attached hydrogen (secondary N) is 1. The summed E-state index contributed by atoms with van der Waals surface area (Å²) in [5, 5.41) is 12.0. The van der Waals surface area contributed by atoms with Crippen LogP contribution in [0.4, 0.5) is 10.6 Å². The number of carboxylic acid groups (broad SMARTS) is 1. The van der Waals surface area contributed by atoms with Gasteiger partial charge in [0.15, 0.2) is 5.69 Å². The van der Waals surface area contributed by atoms with Gasteiger partial charge in [-0.1, -0.05) is 0 Å². The molecule has 0 radical (unpaired) electrons. The van der Waals surface area contributed by atoms with Crippen molar-refractivity contribution in [2.45, 2.75) is 45.3 Å². The molecule has 132 valence electrons. The van der Waals surface area contributed by atoms with Crippen molar-refractivity contribution >= 4 is 29.5 Å². The Morgan fingerprint density at radius 1 is 1.42 bits per heavy atom. The van der Waals surface area contributed by atoms with Gasteiger partial charge in [0.1, 0.15) is 11.4 Å². The van der Waals surface area contributed by atoms with Crippen molar-refractivity contribution in [3.05, 3.63) is 17.0 Å². The highest BCUT2D eigenvalue weighted by Gasteiger charge is 2.28. The molecule has 8 nitrogen and oxygen atoms in total. The zero-order valence-electron chi connectivity index (χ0n) is 13.9. The van der Waals surface area contributed by atoms with Crippen LogP contribution in [-0.4, -0.2) is 56.8 Å². The second-order valence-corrected chi connectivity index (χ2v) is 6.96. The summed E-state index contributed by atoms with van der Waals surface area (Å²) in [6, 6.07) is 1.25. The highest BCUT2D eigenvalue weighted by atomic mass is 35.5. The lowest BCUT2D eigenvalue weighted by molar-refractivity contribution is 0.0206. The zero-order valence-corrected chi connectivity index (χ0v) is 14.6. The molecule has 2 N–H and O–H groups in total. The smallest absolute Gasteiger partial charge is 0.410 e. The molecule has 0 aliphatic carbocycles. The van der Waals surface area contributed by atoms with Crippen molar-refractivity contribution < 1.29 is 19.4 Å². The molecule has 9 heteroatoms. The number of piperidine rings is 1. The molecule has 1 fully saturated rings. The molecule has 0 bridgehead atoms. The monoisotopic (exact) mass is 356 g/mol. The summed E-state index contributed by atoms with van der Waals surface area (Å²) >= 11 is 5.75. The first-order valence-corrected chi connectivity index (χ1v) is 8.04. The molecular formula is C15H21ClN4O4. The predicted octanol–water partition coefficient (Wildman–Crippen LogP) is 2.64. The minimum Gasteiger partial charge on any atom is -0.477 e. The third-order valence-corrected chi connectivity index (χ3v) is 3.51. The number of likely N-dealkylation sites (tertiary alicyclic amines) is 1. The van der Waals surface area contributed by atoms with Crippen LogP contribution < -0.4 is 5.32 Å². The van der Waals surface area contributed by atoms with Crippen molar-refractivity contribution in [3.8, 4) is 0 Å². The molecule has 1 aromatic rings. The van der Waals surface area contributed by atoms with E-state index in [4.69, 9.17) is 21.4 Å². The minimum absolute atomic E-state index is 0.0705. The average molecular weight is 357 g/mol. The summed E-state index contributed by atoms with van der Waals surface area (Å²) in [4.78, 5) is 32.4. The molecule has 24 heavy (non-hydrogen) atoms. The van der Waals surface area contributed by atoms with Crippen molar-refractivity contribution in [3.63, 3.8) is 0 Å². The SMILES string of the molecule is CC(C)(C)OC(=O)N1CCCC(Nc2cc(C(=O)O)nc(Cl)n2)C1. The average Bonchev–Trinajstić information content (AvgIpc) is 2.45. The Hall–Kier alpha value is -2.09. The lowest BCUT2D eigenvalue weighted by Crippen LogP contribution is -2.47. The number of hydrogen-bond acceptors (Lipinski definition) is 6. The van der Waals surface area contributed by atoms with Crippen molar-refractivity contribution in [1.82, 2.24) is 14.9 Å². The fraction of sp³-hybridized carbons (Fsp3) is 0.600. The Kier molecular flexibility index (Phi) is 5.48. The lowest BCUT2D eigenvalue weighted by atomic mass is 10.1. The topological polar surface area (TPSA) is 105 Å². The quantitative estimate of drug-likeness (QED) is 0.802. The third kappa shape index (κ3) is 5.23. The van der Waals surface area contributed by atoms with Gasteiger partial charge in [-0.15, -0.1) is 0 Å². The zero-order chi connectivity index (χ0) is 17.9. The summed E-state index contributed by atoms with van der Waals surface area (Å²) in [6.07, 6.45) is 1.27. The van der Waals surface area contributed by atoms with Gasteiger partial charge in [0, 0.05) is 25.2 Å². The van der Waals surface area contributed by atoms with E-state index in [0.29, 0.717) is 18.9 Å². The lowest BCUT2D eigenvalue weighted by Gasteiger charge is -2.34. The first-order valence-electron chi connectivity index (χ1n) is 7.66. The molecule has 0 aromatic carbocycles. The van der Waals surface area contributed by atoms with Crippen LogP contribution in [0.1, 0.15) is 44.1 Å². The van der Waals surface area contributed by atoms with Crippen LogP contribution in [0.3, 0.4) is 0 Å². The number of halogens is 1. The number of rotatable bonds is 3. The standard InChI is InChI=1S/C15H21ClN4O4/c1-15(2,3)24-14(23)20-6-4-5-9(8-20)17-11-7-10(12(21)22)18-13(16)19-11/h7,9H,4-6,8H2,1-3H3,(H,21,22)(H,17,18,19). The van der Waals surface area contributed by atoms with Crippen molar-refractivity contribution in [1.29, 1.82) is 0 Å². The van der Waals surface area contributed by atoms with Crippen LogP contribution in [0.5, 0.6) is 0 Å². The summed E-state index contributed by atoms with van der Waals surface area (Å²) in [5.74, 6) is -0.857. The number of anilines is 1. The van der Waals surface area contributed by atoms with Crippen LogP contribution in [0.2, 0.25) is 5.28 Å². The van der Waals surface area contributed by atoms with Crippen molar-refractivity contribution in [2.75, 3.05) is 18.4 Å². The van der Waals surface area contributed by atoms with Crippen LogP contribution in [-0.2, 0) is 4.74 Å². The van der Waals surface area contributed by atoms with Crippen LogP contribution in [0, 0.1) is 0 Å². The highest BCUT2D eigenvalue weighted by molar-refractivity contribution is 6.28. The first kappa shape index (κ1) is 18.3. The third-order valence-electron chi connectivity index (χ3n) is 3.34. The summed E-state index contributed by atoms with van der Waals surface area (Å²) in [6.45, 7) is 6.53. The van der Waals surface area contributed by atoms with Gasteiger partial charge >= 0.3 is 12.1 Å². The van der Waals surface area contributed by atoms with Crippen LogP contribution in [0.15, 0.2) is 6.07 Å². The number of carbonyl (C=O) groups is 2. The molecule has 0 spiro atoms. The number of aromatic nitrogens is 2. The molecule has 1 aliphatic rings. The Morgan fingerprint density at radius 2 is 2.12 bits per heavy atom. The number of ether oxygens (including phenoxy) is 1. The molecule has 1 unspecified atom stereocenters. The fourth-order valence-electron chi connectivity index (χ4n) is 2.40. The van der Waals surface area contributed by atoms with E-state index in [1.54, 1.807) is 4.90 Å². The number of nitrogens with zero attached hydrogens (tertiary/aromatic N) is 3. The summed E-state index contributed by atoms with van der Waals surface area (Å²) in [5.41, 5.74) is -0.731. The molecule has 1 aromatic heterocycles. The molecular weight excluding hydrogens is 336 g/mol. The van der Waals surface area contributed by atoms with Crippen molar-refractivity contribution in [2.24, 2.45) is 0 Å². The maximum Gasteiger partial charge on any atom is 0.410 e. The van der Waals surface area contributed by atoms with Gasteiger partial charge in [-0.25, -0.2) is 19.6 Å². The second-order valence-electron chi connectivity index (χ2n) is 6.62. The van der Waals surface area contributed by atoms with E-state index >= 15 is 0 Å². The predicted molar refractivity (Wildman–Crippen MR) is 88.5 cm³/mol. The second kappa shape index (κ2) is 7.21. The van der Waals surface area contributed by atoms with Gasteiger partial charge in [0.2, 0.25) is 5.28 Å².